The largest absolute Gasteiger partial charge is 0.495 e. The fraction of sp³-hybridized carbons (Fsp3) is 0.500. The monoisotopic (exact) mass is 354 g/mol. The van der Waals surface area contributed by atoms with Crippen molar-refractivity contribution < 1.29 is 14.4 Å². The molecule has 7 heteroatoms. The van der Waals surface area contributed by atoms with Crippen molar-refractivity contribution in [3.05, 3.63) is 23.8 Å². The number of likely N-dealkylation sites (N-methyl/N-ethyl adjacent to an activating group) is 1. The summed E-state index contributed by atoms with van der Waals surface area (Å²) in [5.41, 5.74) is 1.77. The lowest BCUT2D eigenvalue weighted by Gasteiger charge is -2.31. The highest BCUT2D eigenvalue weighted by Crippen LogP contribution is 2.25. The van der Waals surface area contributed by atoms with E-state index in [9.17, 15) is 4.79 Å². The predicted molar refractivity (Wildman–Crippen MR) is 99.6 cm³/mol. The van der Waals surface area contributed by atoms with Gasteiger partial charge in [0.15, 0.2) is 0 Å². The Bertz CT molecular complexity index is 572. The van der Waals surface area contributed by atoms with Gasteiger partial charge in [0, 0.05) is 0 Å². The molecule has 1 aliphatic heterocycles. The van der Waals surface area contributed by atoms with Crippen LogP contribution in [0.25, 0.3) is 0 Å². The number of thiocarbonyl (C=S) groups is 1. The molecule has 2 rings (SSSR count). The highest BCUT2D eigenvalue weighted by Gasteiger charge is 2.19. The summed E-state index contributed by atoms with van der Waals surface area (Å²) in [7, 11) is 3.79. The average Bonchev–Trinajstić information content (AvgIpc) is 2.53. The molecule has 0 radical (unpaired) electrons. The molecule has 2 N–H and O–H groups in total. The first kappa shape index (κ1) is 18.0. The quantitative estimate of drug-likeness (QED) is 0.783. The minimum atomic E-state index is -0.0685. The summed E-state index contributed by atoms with van der Waals surface area (Å²) in [5, 5.41) is 2.90. The van der Waals surface area contributed by atoms with Crippen LogP contribution in [0.2, 0.25) is 0 Å². The van der Waals surface area contributed by atoms with E-state index in [1.165, 1.54) is 16.7 Å². The molecular weight excluding hydrogens is 330 g/mol. The first-order chi connectivity index (χ1) is 11.0. The van der Waals surface area contributed by atoms with Crippen LogP contribution in [-0.4, -0.2) is 61.2 Å². The van der Waals surface area contributed by atoms with Gasteiger partial charge in [-0.1, -0.05) is 30.0 Å². The van der Waals surface area contributed by atoms with Crippen molar-refractivity contribution in [2.24, 2.45) is 0 Å². The van der Waals surface area contributed by atoms with Crippen molar-refractivity contribution in [2.75, 3.05) is 51.4 Å². The third kappa shape index (κ3) is 5.37. The van der Waals surface area contributed by atoms with E-state index in [4.69, 9.17) is 17.0 Å². The lowest BCUT2D eigenvalue weighted by Crippen LogP contribution is -3.12. The molecule has 1 aromatic carbocycles. The number of aryl methyl sites for hydroxylation is 1. The minimum Gasteiger partial charge on any atom is -0.495 e. The van der Waals surface area contributed by atoms with E-state index in [-0.39, 0.29) is 5.91 Å². The lowest BCUT2D eigenvalue weighted by molar-refractivity contribution is -0.883. The fourth-order valence-electron chi connectivity index (χ4n) is 2.40. The molecule has 0 aliphatic carbocycles. The number of quaternary nitrogens is 1. The summed E-state index contributed by atoms with van der Waals surface area (Å²) < 4.78 is 6.08. The number of thioether (sulfide) groups is 1. The Balaban J connectivity index is 1.83. The third-order valence-electron chi connectivity index (χ3n) is 3.83. The van der Waals surface area contributed by atoms with Gasteiger partial charge in [-0.3, -0.25) is 4.79 Å². The molecule has 5 nitrogen and oxygen atoms in total. The number of nitrogens with zero attached hydrogens (tertiary/aromatic N) is 1. The van der Waals surface area contributed by atoms with Crippen molar-refractivity contribution in [3.63, 3.8) is 0 Å². The molecule has 0 aromatic heterocycles. The number of hydrogen-bond acceptors (Lipinski definition) is 4. The van der Waals surface area contributed by atoms with Gasteiger partial charge in [0.05, 0.1) is 51.8 Å². The average molecular weight is 355 g/mol. The van der Waals surface area contributed by atoms with Crippen molar-refractivity contribution in [1.82, 2.24) is 4.90 Å². The number of nitrogens with one attached hydrogen (secondary N) is 2. The summed E-state index contributed by atoms with van der Waals surface area (Å²) in [4.78, 5) is 15.9. The summed E-state index contributed by atoms with van der Waals surface area (Å²) in [6, 6.07) is 5.71. The summed E-state index contributed by atoms with van der Waals surface area (Å²) in [6.45, 7) is 6.09. The van der Waals surface area contributed by atoms with Crippen LogP contribution in [0.4, 0.5) is 5.69 Å². The van der Waals surface area contributed by atoms with Crippen molar-refractivity contribution in [2.45, 2.75) is 6.92 Å². The highest BCUT2D eigenvalue weighted by molar-refractivity contribution is 8.23. The summed E-state index contributed by atoms with van der Waals surface area (Å²) in [5.74, 6) is 0.911. The zero-order valence-electron chi connectivity index (χ0n) is 13.8. The first-order valence-corrected chi connectivity index (χ1v) is 9.06. The lowest BCUT2D eigenvalue weighted by atomic mass is 10.2. The number of ether oxygens (including phenoxy) is 1. The summed E-state index contributed by atoms with van der Waals surface area (Å²) in [6.07, 6.45) is 0. The van der Waals surface area contributed by atoms with E-state index in [1.54, 1.807) is 7.11 Å². The molecule has 126 valence electrons. The maximum atomic E-state index is 12.2. The van der Waals surface area contributed by atoms with Crippen LogP contribution in [0.15, 0.2) is 18.2 Å². The van der Waals surface area contributed by atoms with E-state index >= 15 is 0 Å². The number of hydrogen-bond donors (Lipinski definition) is 2. The SMILES string of the molecule is COc1ccc(C)cc1NC(=O)CSC(=S)N1CC[NH+](C)CC1. The van der Waals surface area contributed by atoms with Gasteiger partial charge in [-0.05, 0) is 24.6 Å². The molecule has 0 spiro atoms. The van der Waals surface area contributed by atoms with Crippen LogP contribution in [-0.2, 0) is 4.79 Å². The standard InChI is InChI=1S/C16H23N3O2S2/c1-12-4-5-14(21-3)13(10-12)17-15(20)11-23-16(22)19-8-6-18(2)7-9-19/h4-5,10H,6-9,11H2,1-3H3,(H,17,20)/p+1. The maximum absolute atomic E-state index is 12.2. The third-order valence-corrected chi connectivity index (χ3v) is 5.35. The van der Waals surface area contributed by atoms with Gasteiger partial charge in [-0.2, -0.15) is 0 Å². The van der Waals surface area contributed by atoms with Gasteiger partial charge in [0.1, 0.15) is 10.1 Å². The van der Waals surface area contributed by atoms with E-state index in [2.05, 4.69) is 17.3 Å². The van der Waals surface area contributed by atoms with Crippen LogP contribution < -0.4 is 15.0 Å². The Labute approximate surface area is 147 Å². The molecule has 1 saturated heterocycles. The van der Waals surface area contributed by atoms with E-state index in [0.717, 1.165) is 36.1 Å². The molecule has 0 bridgehead atoms. The predicted octanol–water partition coefficient (Wildman–Crippen LogP) is 0.791. The topological polar surface area (TPSA) is 46.0 Å². The van der Waals surface area contributed by atoms with Gasteiger partial charge in [-0.25, -0.2) is 0 Å². The molecule has 0 saturated carbocycles. The van der Waals surface area contributed by atoms with Crippen LogP contribution >= 0.6 is 24.0 Å². The number of piperazine rings is 1. The van der Waals surface area contributed by atoms with Gasteiger partial charge in [0.2, 0.25) is 5.91 Å². The number of anilines is 1. The van der Waals surface area contributed by atoms with Crippen LogP contribution in [0.5, 0.6) is 5.75 Å². The second-order valence-electron chi connectivity index (χ2n) is 5.75. The van der Waals surface area contributed by atoms with E-state index in [0.29, 0.717) is 17.2 Å². The zero-order valence-corrected chi connectivity index (χ0v) is 15.5. The normalized spacial score (nSPS) is 15.3. The maximum Gasteiger partial charge on any atom is 0.234 e. The number of benzene rings is 1. The molecule has 23 heavy (non-hydrogen) atoms. The number of carbonyl (C=O) groups excluding carboxylic acids is 1. The Morgan fingerprint density at radius 3 is 2.78 bits per heavy atom. The van der Waals surface area contributed by atoms with Crippen LogP contribution in [0, 0.1) is 6.92 Å². The smallest absolute Gasteiger partial charge is 0.234 e. The minimum absolute atomic E-state index is 0.0685. The molecule has 1 aromatic rings. The van der Waals surface area contributed by atoms with Crippen LogP contribution in [0.1, 0.15) is 5.56 Å². The number of methoxy groups -OCH3 is 1. The van der Waals surface area contributed by atoms with Gasteiger partial charge >= 0.3 is 0 Å². The molecule has 1 amide bonds. The Morgan fingerprint density at radius 1 is 1.43 bits per heavy atom. The Kier molecular flexibility index (Phi) is 6.68. The molecule has 0 atom stereocenters. The molecule has 1 fully saturated rings. The zero-order chi connectivity index (χ0) is 16.8. The Hall–Kier alpha value is -1.31. The van der Waals surface area contributed by atoms with Gasteiger partial charge in [0.25, 0.3) is 0 Å². The van der Waals surface area contributed by atoms with Crippen molar-refractivity contribution in [1.29, 1.82) is 0 Å². The van der Waals surface area contributed by atoms with E-state index in [1.807, 2.05) is 25.1 Å². The highest BCUT2D eigenvalue weighted by atomic mass is 32.2. The second-order valence-corrected chi connectivity index (χ2v) is 7.36. The molecule has 1 aliphatic rings. The first-order valence-electron chi connectivity index (χ1n) is 7.67. The molecule has 1 heterocycles. The fourth-order valence-corrected chi connectivity index (χ4v) is 3.45. The number of amides is 1. The number of carbonyl (C=O) groups is 1. The second kappa shape index (κ2) is 8.52. The van der Waals surface area contributed by atoms with Gasteiger partial charge in [-0.15, -0.1) is 0 Å². The summed E-state index contributed by atoms with van der Waals surface area (Å²) >= 11 is 6.86. The molecule has 0 unspecified atom stereocenters. The Morgan fingerprint density at radius 2 is 2.13 bits per heavy atom. The van der Waals surface area contributed by atoms with Gasteiger partial charge < -0.3 is 19.9 Å². The van der Waals surface area contributed by atoms with Crippen molar-refractivity contribution in [3.8, 4) is 5.75 Å². The van der Waals surface area contributed by atoms with Crippen LogP contribution in [0.3, 0.4) is 0 Å². The van der Waals surface area contributed by atoms with E-state index < -0.39 is 0 Å². The molecular formula is C16H24N3O2S2+. The van der Waals surface area contributed by atoms with Crippen molar-refractivity contribution >= 4 is 39.9 Å². The number of rotatable bonds is 4.